The summed E-state index contributed by atoms with van der Waals surface area (Å²) in [5, 5.41) is 10.6. The topological polar surface area (TPSA) is 133 Å². The van der Waals surface area contributed by atoms with Gasteiger partial charge in [-0.05, 0) is 41.3 Å². The molecule has 4 rings (SSSR count). The number of likely N-dealkylation sites (tertiary alicyclic amines) is 1. The lowest BCUT2D eigenvalue weighted by molar-refractivity contribution is -0.145. The Balaban J connectivity index is 1.49. The number of fused-ring (bicyclic) bond motifs is 1. The first-order chi connectivity index (χ1) is 20.3. The van der Waals surface area contributed by atoms with Gasteiger partial charge >= 0.3 is 5.97 Å². The average molecular weight is 575 g/mol. The second-order valence-corrected chi connectivity index (χ2v) is 10.4. The molecule has 1 aliphatic heterocycles. The fourth-order valence-corrected chi connectivity index (χ4v) is 5.28. The molecule has 11 heteroatoms. The second kappa shape index (κ2) is 14.9. The van der Waals surface area contributed by atoms with Gasteiger partial charge in [-0.1, -0.05) is 42.5 Å². The number of anilines is 1. The van der Waals surface area contributed by atoms with Gasteiger partial charge in [-0.25, -0.2) is 4.79 Å². The largest absolute Gasteiger partial charge is 0.467 e. The van der Waals surface area contributed by atoms with Gasteiger partial charge in [0.25, 0.3) is 0 Å². The number of amides is 3. The van der Waals surface area contributed by atoms with E-state index in [2.05, 4.69) is 27.0 Å². The van der Waals surface area contributed by atoms with E-state index < -0.39 is 12.0 Å². The maximum absolute atomic E-state index is 13.3. The molecule has 3 aromatic rings. The van der Waals surface area contributed by atoms with Crippen LogP contribution in [0.15, 0.2) is 67.0 Å². The summed E-state index contributed by atoms with van der Waals surface area (Å²) in [4.78, 5) is 58.1. The zero-order valence-corrected chi connectivity index (χ0v) is 24.0. The number of esters is 1. The van der Waals surface area contributed by atoms with Crippen LogP contribution < -0.4 is 16.0 Å². The van der Waals surface area contributed by atoms with Crippen LogP contribution in [-0.2, 0) is 30.5 Å². The van der Waals surface area contributed by atoms with Crippen molar-refractivity contribution in [1.82, 2.24) is 25.4 Å². The molecule has 0 radical (unpaired) electrons. The van der Waals surface area contributed by atoms with Crippen molar-refractivity contribution in [2.75, 3.05) is 45.2 Å². The van der Waals surface area contributed by atoms with Crippen LogP contribution in [0.5, 0.6) is 0 Å². The van der Waals surface area contributed by atoms with Crippen LogP contribution >= 0.6 is 0 Å². The molecule has 0 saturated carbocycles. The van der Waals surface area contributed by atoms with E-state index in [9.17, 15) is 19.2 Å². The summed E-state index contributed by atoms with van der Waals surface area (Å²) in [6.45, 7) is 3.01. The number of ether oxygens (including phenoxy) is 1. The van der Waals surface area contributed by atoms with E-state index >= 15 is 0 Å². The molecule has 222 valence electrons. The highest BCUT2D eigenvalue weighted by Gasteiger charge is 2.31. The van der Waals surface area contributed by atoms with Gasteiger partial charge in [0.2, 0.25) is 17.7 Å². The Labute approximate surface area is 245 Å². The normalized spacial score (nSPS) is 15.3. The molecule has 0 bridgehead atoms. The maximum Gasteiger partial charge on any atom is 0.330 e. The number of pyridine rings is 1. The van der Waals surface area contributed by atoms with Gasteiger partial charge < -0.3 is 25.6 Å². The molecule has 0 spiro atoms. The number of rotatable bonds is 13. The molecule has 2 heterocycles. The monoisotopic (exact) mass is 574 g/mol. The summed E-state index contributed by atoms with van der Waals surface area (Å²) in [6, 6.07) is 16.7. The van der Waals surface area contributed by atoms with Crippen LogP contribution in [-0.4, -0.2) is 90.4 Å². The van der Waals surface area contributed by atoms with Crippen molar-refractivity contribution < 1.29 is 23.9 Å². The number of aromatic nitrogens is 1. The van der Waals surface area contributed by atoms with Crippen molar-refractivity contribution >= 4 is 40.2 Å². The van der Waals surface area contributed by atoms with Gasteiger partial charge in [0.1, 0.15) is 6.04 Å². The molecule has 11 nitrogen and oxygen atoms in total. The highest BCUT2D eigenvalue weighted by Crippen LogP contribution is 2.23. The van der Waals surface area contributed by atoms with Crippen molar-refractivity contribution in [3.63, 3.8) is 0 Å². The number of nitrogens with zero attached hydrogens (tertiary/aromatic N) is 3. The molecular formula is C31H38N6O5. The molecule has 1 saturated heterocycles. The van der Waals surface area contributed by atoms with Gasteiger partial charge in [-0.3, -0.25) is 24.3 Å². The minimum atomic E-state index is -1.02. The van der Waals surface area contributed by atoms with E-state index in [1.807, 2.05) is 58.3 Å². The lowest BCUT2D eigenvalue weighted by atomic mass is 10.0. The maximum atomic E-state index is 13.3. The molecule has 42 heavy (non-hydrogen) atoms. The average Bonchev–Trinajstić information content (AvgIpc) is 3.46. The van der Waals surface area contributed by atoms with Crippen LogP contribution in [0, 0.1) is 0 Å². The first kappa shape index (κ1) is 30.4. The fourth-order valence-electron chi connectivity index (χ4n) is 5.28. The minimum absolute atomic E-state index is 0.00932. The Morgan fingerprint density at radius 3 is 2.60 bits per heavy atom. The zero-order valence-electron chi connectivity index (χ0n) is 24.0. The first-order valence-electron chi connectivity index (χ1n) is 14.1. The molecule has 2 aromatic carbocycles. The number of nitrogens with one attached hydrogen (secondary N) is 3. The van der Waals surface area contributed by atoms with Gasteiger partial charge in [0.05, 0.1) is 20.2 Å². The van der Waals surface area contributed by atoms with Gasteiger partial charge in [0.15, 0.2) is 0 Å². The minimum Gasteiger partial charge on any atom is -0.467 e. The number of benzene rings is 2. The molecule has 0 aliphatic carbocycles. The van der Waals surface area contributed by atoms with Gasteiger partial charge in [-0.2, -0.15) is 0 Å². The third-order valence-electron chi connectivity index (χ3n) is 7.31. The Hall–Kier alpha value is -4.51. The van der Waals surface area contributed by atoms with E-state index in [1.165, 1.54) is 14.0 Å². The number of carbonyl (C=O) groups excluding carboxylic acids is 4. The predicted molar refractivity (Wildman–Crippen MR) is 159 cm³/mol. The van der Waals surface area contributed by atoms with Crippen molar-refractivity contribution in [2.24, 2.45) is 0 Å². The van der Waals surface area contributed by atoms with E-state index in [0.717, 1.165) is 34.9 Å². The molecular weight excluding hydrogens is 536 g/mol. The standard InChI is InChI=1S/C31H38N6O5/c1-22(38)33-17-28(31(41)42-2)35-29(39)21-36(19-24-9-5-8-23-7-3-4-11-27(23)24)20-26-10-6-16-37(26)30(40)18-34-25-12-14-32-15-13-25/h3-5,7-9,11-15,26,28H,6,10,16-21H2,1-2H3,(H,32,34)(H,33,38)(H,35,39)/t26-,28-/m0/s1. The molecule has 3 N–H and O–H groups in total. The lowest BCUT2D eigenvalue weighted by Crippen LogP contribution is -2.52. The third-order valence-corrected chi connectivity index (χ3v) is 7.31. The van der Waals surface area contributed by atoms with E-state index in [1.54, 1.807) is 12.4 Å². The number of hydrogen-bond acceptors (Lipinski definition) is 8. The van der Waals surface area contributed by atoms with Crippen molar-refractivity contribution in [3.05, 3.63) is 72.6 Å². The SMILES string of the molecule is COC(=O)[C@H](CNC(C)=O)NC(=O)CN(Cc1cccc2ccccc12)C[C@@H]1CCCN1C(=O)CNc1ccncc1. The quantitative estimate of drug-likeness (QED) is 0.264. The number of hydrogen-bond donors (Lipinski definition) is 3. The summed E-state index contributed by atoms with van der Waals surface area (Å²) < 4.78 is 4.83. The second-order valence-electron chi connectivity index (χ2n) is 10.4. The van der Waals surface area contributed by atoms with Crippen LogP contribution in [0.1, 0.15) is 25.3 Å². The molecule has 1 aromatic heterocycles. The third kappa shape index (κ3) is 8.50. The zero-order chi connectivity index (χ0) is 29.9. The highest BCUT2D eigenvalue weighted by atomic mass is 16.5. The molecule has 2 atom stereocenters. The number of carbonyl (C=O) groups is 4. The fraction of sp³-hybridized carbons (Fsp3) is 0.387. The van der Waals surface area contributed by atoms with E-state index in [-0.39, 0.29) is 43.4 Å². The van der Waals surface area contributed by atoms with Crippen molar-refractivity contribution in [3.8, 4) is 0 Å². The number of methoxy groups -OCH3 is 1. The van der Waals surface area contributed by atoms with Crippen molar-refractivity contribution in [2.45, 2.75) is 38.4 Å². The lowest BCUT2D eigenvalue weighted by Gasteiger charge is -2.31. The van der Waals surface area contributed by atoms with E-state index in [4.69, 9.17) is 4.74 Å². The van der Waals surface area contributed by atoms with Crippen LogP contribution in [0.2, 0.25) is 0 Å². The summed E-state index contributed by atoms with van der Waals surface area (Å²) >= 11 is 0. The summed E-state index contributed by atoms with van der Waals surface area (Å²) in [5.74, 6) is -1.36. The highest BCUT2D eigenvalue weighted by molar-refractivity contribution is 5.87. The van der Waals surface area contributed by atoms with Gasteiger partial charge in [0, 0.05) is 57.2 Å². The Bertz CT molecular complexity index is 1380. The molecule has 1 fully saturated rings. The van der Waals surface area contributed by atoms with Crippen LogP contribution in [0.25, 0.3) is 10.8 Å². The van der Waals surface area contributed by atoms with Gasteiger partial charge in [-0.15, -0.1) is 0 Å². The Morgan fingerprint density at radius 2 is 1.83 bits per heavy atom. The summed E-state index contributed by atoms with van der Waals surface area (Å²) in [5.41, 5.74) is 1.88. The first-order valence-corrected chi connectivity index (χ1v) is 14.1. The molecule has 3 amide bonds. The van der Waals surface area contributed by atoms with Crippen molar-refractivity contribution in [1.29, 1.82) is 0 Å². The Kier molecular flexibility index (Phi) is 10.8. The molecule has 1 aliphatic rings. The van der Waals surface area contributed by atoms with Crippen LogP contribution in [0.3, 0.4) is 0 Å². The Morgan fingerprint density at radius 1 is 1.07 bits per heavy atom. The molecule has 0 unspecified atom stereocenters. The summed E-state index contributed by atoms with van der Waals surface area (Å²) in [7, 11) is 1.23. The van der Waals surface area contributed by atoms with E-state index in [0.29, 0.717) is 19.6 Å². The smallest absolute Gasteiger partial charge is 0.330 e. The predicted octanol–water partition coefficient (Wildman–Crippen LogP) is 1.93. The summed E-state index contributed by atoms with van der Waals surface area (Å²) in [6.07, 6.45) is 5.04. The van der Waals surface area contributed by atoms with Crippen LogP contribution in [0.4, 0.5) is 5.69 Å².